The summed E-state index contributed by atoms with van der Waals surface area (Å²) in [6.07, 6.45) is 2.96. The van der Waals surface area contributed by atoms with Crippen molar-refractivity contribution >= 4 is 5.95 Å². The van der Waals surface area contributed by atoms with Gasteiger partial charge in [-0.15, -0.1) is 0 Å². The van der Waals surface area contributed by atoms with Gasteiger partial charge in [0, 0.05) is 30.5 Å². The van der Waals surface area contributed by atoms with Crippen LogP contribution >= 0.6 is 0 Å². The topological polar surface area (TPSA) is 49.8 Å². The Kier molecular flexibility index (Phi) is 4.32. The number of nitrogens with one attached hydrogen (secondary N) is 2. The van der Waals surface area contributed by atoms with E-state index in [2.05, 4.69) is 27.5 Å². The predicted molar refractivity (Wildman–Crippen MR) is 58.3 cm³/mol. The third-order valence-corrected chi connectivity index (χ3v) is 1.98. The van der Waals surface area contributed by atoms with Crippen LogP contribution in [0.2, 0.25) is 0 Å². The fourth-order valence-electron chi connectivity index (χ4n) is 1.18. The van der Waals surface area contributed by atoms with E-state index in [9.17, 15) is 0 Å². The summed E-state index contributed by atoms with van der Waals surface area (Å²) in [4.78, 5) is 8.60. The van der Waals surface area contributed by atoms with E-state index in [0.29, 0.717) is 0 Å². The number of aromatic nitrogens is 2. The second kappa shape index (κ2) is 5.54. The summed E-state index contributed by atoms with van der Waals surface area (Å²) in [5, 5.41) is 6.25. The summed E-state index contributed by atoms with van der Waals surface area (Å²) in [5.41, 5.74) is 2.18. The molecule has 0 saturated carbocycles. The van der Waals surface area contributed by atoms with Crippen molar-refractivity contribution < 1.29 is 0 Å². The monoisotopic (exact) mass is 194 g/mol. The molecule has 1 rings (SSSR count). The van der Waals surface area contributed by atoms with Crippen molar-refractivity contribution in [2.45, 2.75) is 26.8 Å². The maximum Gasteiger partial charge on any atom is 0.222 e. The minimum absolute atomic E-state index is 0.726. The lowest BCUT2D eigenvalue weighted by molar-refractivity contribution is 0.796. The summed E-state index contributed by atoms with van der Waals surface area (Å²) in [6.45, 7) is 5.87. The van der Waals surface area contributed by atoms with Crippen LogP contribution in [-0.2, 0) is 6.54 Å². The fourth-order valence-corrected chi connectivity index (χ4v) is 1.18. The molecular weight excluding hydrogens is 176 g/mol. The fraction of sp³-hybridized carbons (Fsp3) is 0.600. The predicted octanol–water partition coefficient (Wildman–Crippen LogP) is 1.33. The molecule has 0 atom stereocenters. The van der Waals surface area contributed by atoms with E-state index in [4.69, 9.17) is 0 Å². The second-order valence-electron chi connectivity index (χ2n) is 3.26. The van der Waals surface area contributed by atoms with Crippen LogP contribution in [0.4, 0.5) is 5.95 Å². The van der Waals surface area contributed by atoms with Crippen LogP contribution < -0.4 is 10.6 Å². The van der Waals surface area contributed by atoms with E-state index in [-0.39, 0.29) is 0 Å². The Morgan fingerprint density at radius 1 is 1.43 bits per heavy atom. The van der Waals surface area contributed by atoms with Gasteiger partial charge in [0.2, 0.25) is 5.95 Å². The molecule has 0 spiro atoms. The number of nitrogens with zero attached hydrogens (tertiary/aromatic N) is 2. The molecule has 1 heterocycles. The summed E-state index contributed by atoms with van der Waals surface area (Å²) in [5.74, 6) is 0.726. The van der Waals surface area contributed by atoms with Crippen molar-refractivity contribution in [3.05, 3.63) is 17.5 Å². The molecule has 78 valence electrons. The van der Waals surface area contributed by atoms with Crippen LogP contribution in [0.3, 0.4) is 0 Å². The molecule has 14 heavy (non-hydrogen) atoms. The zero-order chi connectivity index (χ0) is 10.4. The second-order valence-corrected chi connectivity index (χ2v) is 3.26. The Balaban J connectivity index is 2.68. The van der Waals surface area contributed by atoms with Crippen molar-refractivity contribution in [2.75, 3.05) is 18.9 Å². The molecule has 0 aromatic carbocycles. The molecule has 1 aromatic rings. The molecule has 0 amide bonds. The molecule has 0 saturated heterocycles. The maximum absolute atomic E-state index is 4.37. The van der Waals surface area contributed by atoms with Crippen LogP contribution in [0.25, 0.3) is 0 Å². The number of aryl methyl sites for hydroxylation is 1. The third kappa shape index (κ3) is 2.96. The van der Waals surface area contributed by atoms with Gasteiger partial charge in [-0.3, -0.25) is 0 Å². The van der Waals surface area contributed by atoms with Gasteiger partial charge in [0.25, 0.3) is 0 Å². The summed E-state index contributed by atoms with van der Waals surface area (Å²) in [7, 11) is 1.92. The molecule has 0 bridgehead atoms. The molecule has 1 aromatic heterocycles. The van der Waals surface area contributed by atoms with Crippen molar-refractivity contribution in [1.29, 1.82) is 0 Å². The van der Waals surface area contributed by atoms with E-state index < -0.39 is 0 Å². The van der Waals surface area contributed by atoms with Gasteiger partial charge in [-0.2, -0.15) is 0 Å². The normalized spacial score (nSPS) is 10.2. The molecule has 2 N–H and O–H groups in total. The minimum atomic E-state index is 0.726. The molecule has 0 fully saturated rings. The van der Waals surface area contributed by atoms with Crippen LogP contribution in [-0.4, -0.2) is 23.6 Å². The van der Waals surface area contributed by atoms with Gasteiger partial charge in [0.1, 0.15) is 0 Å². The summed E-state index contributed by atoms with van der Waals surface area (Å²) < 4.78 is 0. The SMILES string of the molecule is CCCNc1ncc(CNC)c(C)n1. The first kappa shape index (κ1) is 10.9. The summed E-state index contributed by atoms with van der Waals surface area (Å²) in [6, 6.07) is 0. The number of rotatable bonds is 5. The van der Waals surface area contributed by atoms with Crippen molar-refractivity contribution in [3.8, 4) is 0 Å². The standard InChI is InChI=1S/C10H18N4/c1-4-5-12-10-13-7-9(6-11-3)8(2)14-10/h7,11H,4-6H2,1-3H3,(H,12,13,14). The first-order chi connectivity index (χ1) is 6.77. The van der Waals surface area contributed by atoms with Gasteiger partial charge in [0.15, 0.2) is 0 Å². The zero-order valence-electron chi connectivity index (χ0n) is 9.09. The highest BCUT2D eigenvalue weighted by Gasteiger charge is 2.01. The highest BCUT2D eigenvalue weighted by molar-refractivity contribution is 5.28. The lowest BCUT2D eigenvalue weighted by atomic mass is 10.2. The van der Waals surface area contributed by atoms with Crippen LogP contribution in [0.1, 0.15) is 24.6 Å². The molecule has 4 nitrogen and oxygen atoms in total. The minimum Gasteiger partial charge on any atom is -0.354 e. The van der Waals surface area contributed by atoms with Gasteiger partial charge in [-0.1, -0.05) is 6.92 Å². The first-order valence-corrected chi connectivity index (χ1v) is 4.99. The van der Waals surface area contributed by atoms with Crippen LogP contribution in [0, 0.1) is 6.92 Å². The molecular formula is C10H18N4. The Morgan fingerprint density at radius 3 is 2.79 bits per heavy atom. The van der Waals surface area contributed by atoms with E-state index in [0.717, 1.165) is 36.7 Å². The van der Waals surface area contributed by atoms with E-state index in [1.165, 1.54) is 0 Å². The van der Waals surface area contributed by atoms with Crippen LogP contribution in [0.15, 0.2) is 6.20 Å². The molecule has 0 aliphatic carbocycles. The van der Waals surface area contributed by atoms with E-state index in [1.807, 2.05) is 20.2 Å². The van der Waals surface area contributed by atoms with Gasteiger partial charge < -0.3 is 10.6 Å². The Hall–Kier alpha value is -1.16. The van der Waals surface area contributed by atoms with Crippen molar-refractivity contribution in [1.82, 2.24) is 15.3 Å². The Morgan fingerprint density at radius 2 is 2.21 bits per heavy atom. The van der Waals surface area contributed by atoms with E-state index >= 15 is 0 Å². The average molecular weight is 194 g/mol. The zero-order valence-corrected chi connectivity index (χ0v) is 9.09. The van der Waals surface area contributed by atoms with Crippen molar-refractivity contribution in [2.24, 2.45) is 0 Å². The quantitative estimate of drug-likeness (QED) is 0.742. The number of hydrogen-bond donors (Lipinski definition) is 2. The van der Waals surface area contributed by atoms with E-state index in [1.54, 1.807) is 0 Å². The highest BCUT2D eigenvalue weighted by atomic mass is 15.1. The molecule has 0 unspecified atom stereocenters. The average Bonchev–Trinajstić information content (AvgIpc) is 2.19. The molecule has 0 aliphatic heterocycles. The smallest absolute Gasteiger partial charge is 0.222 e. The van der Waals surface area contributed by atoms with Crippen LogP contribution in [0.5, 0.6) is 0 Å². The van der Waals surface area contributed by atoms with Gasteiger partial charge in [0.05, 0.1) is 0 Å². The highest BCUT2D eigenvalue weighted by Crippen LogP contribution is 2.06. The Bertz CT molecular complexity index is 285. The lowest BCUT2D eigenvalue weighted by Crippen LogP contribution is -2.10. The largest absolute Gasteiger partial charge is 0.354 e. The first-order valence-electron chi connectivity index (χ1n) is 4.99. The van der Waals surface area contributed by atoms with Crippen molar-refractivity contribution in [3.63, 3.8) is 0 Å². The number of hydrogen-bond acceptors (Lipinski definition) is 4. The summed E-state index contributed by atoms with van der Waals surface area (Å²) >= 11 is 0. The van der Waals surface area contributed by atoms with Gasteiger partial charge in [-0.25, -0.2) is 9.97 Å². The van der Waals surface area contributed by atoms with Gasteiger partial charge >= 0.3 is 0 Å². The Labute approximate surface area is 85.2 Å². The molecule has 0 aliphatic rings. The lowest BCUT2D eigenvalue weighted by Gasteiger charge is -2.07. The van der Waals surface area contributed by atoms with Gasteiger partial charge in [-0.05, 0) is 20.4 Å². The molecule has 0 radical (unpaired) electrons. The number of anilines is 1. The molecule has 4 heteroatoms. The third-order valence-electron chi connectivity index (χ3n) is 1.98. The maximum atomic E-state index is 4.37.